The van der Waals surface area contributed by atoms with Crippen LogP contribution in [0.15, 0.2) is 42.6 Å². The monoisotopic (exact) mass is 599 g/mol. The molecule has 0 aliphatic carbocycles. The van der Waals surface area contributed by atoms with Gasteiger partial charge in [-0.25, -0.2) is 9.37 Å². The molecule has 6 N–H and O–H groups in total. The van der Waals surface area contributed by atoms with Crippen LogP contribution in [0.3, 0.4) is 0 Å². The van der Waals surface area contributed by atoms with Crippen molar-refractivity contribution in [3.63, 3.8) is 0 Å². The number of alkyl halides is 6. The summed E-state index contributed by atoms with van der Waals surface area (Å²) in [5, 5.41) is 29.1. The van der Waals surface area contributed by atoms with E-state index in [0.29, 0.717) is 12.1 Å². The van der Waals surface area contributed by atoms with Crippen LogP contribution in [-0.4, -0.2) is 44.6 Å². The number of amides is 2. The van der Waals surface area contributed by atoms with Gasteiger partial charge in [-0.2, -0.15) is 17.6 Å². The molecule has 0 unspecified atom stereocenters. The van der Waals surface area contributed by atoms with E-state index in [1.54, 1.807) is 0 Å². The maximum absolute atomic E-state index is 15.0. The Hall–Kier alpha value is -4.75. The zero-order chi connectivity index (χ0) is 30.9. The molecule has 1 aromatic heterocycles. The van der Waals surface area contributed by atoms with Gasteiger partial charge in [-0.15, -0.1) is 13.2 Å². The summed E-state index contributed by atoms with van der Waals surface area (Å²) in [4.78, 5) is 27.5. The van der Waals surface area contributed by atoms with Gasteiger partial charge in [0.25, 0.3) is 11.8 Å². The smallest absolute Gasteiger partial charge is 0.452 e. The Morgan fingerprint density at radius 2 is 1.44 bits per heavy atom. The molecule has 0 aliphatic heterocycles. The lowest BCUT2D eigenvalue weighted by molar-refractivity contribution is -0.420. The SMILES string of the molecule is NC(=O)c1ccc(NC(=O)c2c(Oc3ccc(OC(F)(F)F)c(F)c3OC(O)(O)O)ccc(C(F)(F)F)c2F)cn1. The molecule has 0 saturated carbocycles. The number of aliphatic hydroxyl groups is 3. The van der Waals surface area contributed by atoms with E-state index in [2.05, 4.69) is 14.5 Å². The van der Waals surface area contributed by atoms with Crippen LogP contribution in [0.1, 0.15) is 26.4 Å². The Morgan fingerprint density at radius 3 is 1.95 bits per heavy atom. The first-order valence-electron chi connectivity index (χ1n) is 10.4. The van der Waals surface area contributed by atoms with E-state index in [1.807, 2.05) is 5.32 Å². The van der Waals surface area contributed by atoms with Crippen molar-refractivity contribution < 1.29 is 74.2 Å². The Balaban J connectivity index is 2.13. The molecule has 41 heavy (non-hydrogen) atoms. The Kier molecular flexibility index (Phi) is 8.28. The maximum atomic E-state index is 15.0. The first-order valence-corrected chi connectivity index (χ1v) is 10.4. The molecule has 0 bridgehead atoms. The van der Waals surface area contributed by atoms with Crippen molar-refractivity contribution in [1.29, 1.82) is 0 Å². The van der Waals surface area contributed by atoms with E-state index in [0.717, 1.165) is 18.3 Å². The lowest BCUT2D eigenvalue weighted by Crippen LogP contribution is -2.35. The number of rotatable bonds is 8. The average Bonchev–Trinajstić information content (AvgIpc) is 2.81. The van der Waals surface area contributed by atoms with Crippen molar-refractivity contribution in [3.05, 3.63) is 71.1 Å². The van der Waals surface area contributed by atoms with Crippen LogP contribution in [0, 0.1) is 11.6 Å². The zero-order valence-corrected chi connectivity index (χ0v) is 19.5. The van der Waals surface area contributed by atoms with Crippen LogP contribution in [0.5, 0.6) is 23.0 Å². The molecule has 0 atom stereocenters. The molecule has 0 spiro atoms. The summed E-state index contributed by atoms with van der Waals surface area (Å²) in [6.45, 7) is 0. The fourth-order valence-corrected chi connectivity index (χ4v) is 3.04. The van der Waals surface area contributed by atoms with Crippen LogP contribution < -0.4 is 25.3 Å². The van der Waals surface area contributed by atoms with E-state index in [9.17, 15) is 40.3 Å². The van der Waals surface area contributed by atoms with E-state index in [4.69, 9.17) is 25.8 Å². The summed E-state index contributed by atoms with van der Waals surface area (Å²) in [7, 11) is 0. The van der Waals surface area contributed by atoms with Crippen molar-refractivity contribution >= 4 is 17.5 Å². The Labute approximate surface area is 221 Å². The number of aromatic nitrogens is 1. The number of pyridine rings is 1. The average molecular weight is 599 g/mol. The topological polar surface area (TPSA) is 173 Å². The first kappa shape index (κ1) is 30.8. The number of halogens is 8. The minimum atomic E-state index is -5.48. The van der Waals surface area contributed by atoms with E-state index in [-0.39, 0.29) is 23.5 Å². The lowest BCUT2D eigenvalue weighted by Gasteiger charge is -2.21. The van der Waals surface area contributed by atoms with Gasteiger partial charge in [0.05, 0.1) is 17.4 Å². The van der Waals surface area contributed by atoms with Gasteiger partial charge in [0, 0.05) is 0 Å². The predicted octanol–water partition coefficient (Wildman–Crippen LogP) is 3.39. The van der Waals surface area contributed by atoms with Gasteiger partial charge in [0.15, 0.2) is 17.3 Å². The number of primary amides is 1. The second kappa shape index (κ2) is 11.0. The highest BCUT2D eigenvalue weighted by atomic mass is 19.4. The molecule has 0 saturated heterocycles. The number of hydrogen-bond acceptors (Lipinski definition) is 9. The first-order chi connectivity index (χ1) is 18.8. The van der Waals surface area contributed by atoms with Crippen LogP contribution in [0.2, 0.25) is 0 Å². The highest BCUT2D eigenvalue weighted by Crippen LogP contribution is 2.43. The van der Waals surface area contributed by atoms with Crippen molar-refractivity contribution in [1.82, 2.24) is 4.98 Å². The summed E-state index contributed by atoms with van der Waals surface area (Å²) in [6.07, 6.45) is -14.3. The third kappa shape index (κ3) is 7.68. The zero-order valence-electron chi connectivity index (χ0n) is 19.5. The summed E-state index contributed by atoms with van der Waals surface area (Å²) in [6, 6.07) is 3.10. The largest absolute Gasteiger partial charge is 0.573 e. The minimum absolute atomic E-state index is 0.0943. The van der Waals surface area contributed by atoms with E-state index in [1.165, 1.54) is 0 Å². The van der Waals surface area contributed by atoms with Crippen LogP contribution in [0.4, 0.5) is 40.8 Å². The molecule has 220 valence electrons. The molecule has 0 fully saturated rings. The summed E-state index contributed by atoms with van der Waals surface area (Å²) in [5.74, 6) is -12.8. The second-order valence-corrected chi connectivity index (χ2v) is 7.58. The minimum Gasteiger partial charge on any atom is -0.452 e. The molecular formula is C22H13F8N3O8. The van der Waals surface area contributed by atoms with Crippen molar-refractivity contribution in [2.24, 2.45) is 5.73 Å². The molecule has 0 radical (unpaired) electrons. The van der Waals surface area contributed by atoms with Crippen molar-refractivity contribution in [2.75, 3.05) is 5.32 Å². The fraction of sp³-hybridized carbons (Fsp3) is 0.136. The Morgan fingerprint density at radius 1 is 0.829 bits per heavy atom. The number of nitrogens with two attached hydrogens (primary N) is 1. The molecule has 2 amide bonds. The normalized spacial score (nSPS) is 12.1. The third-order valence-corrected chi connectivity index (χ3v) is 4.62. The molecule has 0 aliphatic rings. The molecule has 3 aromatic rings. The number of carbonyl (C=O) groups excluding carboxylic acids is 2. The highest BCUT2D eigenvalue weighted by molar-refractivity contribution is 6.06. The number of anilines is 1. The molecular weight excluding hydrogens is 586 g/mol. The van der Waals surface area contributed by atoms with E-state index < -0.39 is 76.3 Å². The van der Waals surface area contributed by atoms with Crippen molar-refractivity contribution in [3.8, 4) is 23.0 Å². The third-order valence-electron chi connectivity index (χ3n) is 4.62. The second-order valence-electron chi connectivity index (χ2n) is 7.58. The van der Waals surface area contributed by atoms with Gasteiger partial charge in [0.1, 0.15) is 17.0 Å². The molecule has 3 rings (SSSR count). The lowest BCUT2D eigenvalue weighted by atomic mass is 10.1. The van der Waals surface area contributed by atoms with Crippen molar-refractivity contribution in [2.45, 2.75) is 18.7 Å². The van der Waals surface area contributed by atoms with Gasteiger partial charge in [-0.3, -0.25) is 9.59 Å². The molecule has 11 nitrogen and oxygen atoms in total. The van der Waals surface area contributed by atoms with Gasteiger partial charge in [0.2, 0.25) is 11.6 Å². The van der Waals surface area contributed by atoms with Gasteiger partial charge in [-0.05, 0) is 36.4 Å². The maximum Gasteiger partial charge on any atom is 0.573 e. The van der Waals surface area contributed by atoms with E-state index >= 15 is 4.39 Å². The molecule has 19 heteroatoms. The fourth-order valence-electron chi connectivity index (χ4n) is 3.04. The molecule has 1 heterocycles. The van der Waals surface area contributed by atoms with Gasteiger partial charge >= 0.3 is 18.7 Å². The molecule has 2 aromatic carbocycles. The van der Waals surface area contributed by atoms with Crippen LogP contribution >= 0.6 is 0 Å². The van der Waals surface area contributed by atoms with Gasteiger partial charge < -0.3 is 40.6 Å². The summed E-state index contributed by atoms with van der Waals surface area (Å²) in [5.41, 5.74) is 0.970. The van der Waals surface area contributed by atoms with Crippen LogP contribution in [0.25, 0.3) is 0 Å². The number of nitrogens with one attached hydrogen (secondary N) is 1. The number of hydrogen-bond donors (Lipinski definition) is 5. The van der Waals surface area contributed by atoms with Crippen LogP contribution in [-0.2, 0) is 6.18 Å². The quantitative estimate of drug-likeness (QED) is 0.192. The number of carbonyl (C=O) groups is 2. The summed E-state index contributed by atoms with van der Waals surface area (Å²) >= 11 is 0. The summed E-state index contributed by atoms with van der Waals surface area (Å²) < 4.78 is 120. The highest BCUT2D eigenvalue weighted by Gasteiger charge is 2.39. The number of nitrogens with zero attached hydrogens (tertiary/aromatic N) is 1. The predicted molar refractivity (Wildman–Crippen MR) is 115 cm³/mol. The van der Waals surface area contributed by atoms with Gasteiger partial charge in [-0.1, -0.05) is 0 Å². The Bertz CT molecular complexity index is 1470. The standard InChI is InChI=1S/C22H13F8N3O8/c23-15-9(20(25,26)27)2-4-11(14(15)19(35)33-8-1-3-10(18(31)34)32-7-8)39-13-6-5-12(40-21(28,29)30)16(24)17(13)41-22(36,37)38/h1-7,36-38H,(H2,31,34)(H,33,35). The number of benzene rings is 2. The number of ether oxygens (including phenoxy) is 3.